The SMILES string of the molecule is CC(C)(C)OC(=O)N=C(NC(=O)OC(C)(C)C)N1CCSCC1. The van der Waals surface area contributed by atoms with Crippen molar-refractivity contribution in [3.05, 3.63) is 0 Å². The van der Waals surface area contributed by atoms with Crippen LogP contribution in [0.3, 0.4) is 0 Å². The molecule has 1 saturated heterocycles. The van der Waals surface area contributed by atoms with Crippen LogP contribution in [0, 0.1) is 0 Å². The standard InChI is InChI=1S/C15H27N3O4S/c1-14(2,3)21-12(19)16-11(18-7-9-23-10-8-18)17-13(20)22-15(4,5)6/h7-10H2,1-6H3,(H,16,17,19,20). The zero-order chi connectivity index (χ0) is 17.7. The molecule has 0 atom stereocenters. The molecule has 0 aromatic heterocycles. The van der Waals surface area contributed by atoms with Gasteiger partial charge in [0.25, 0.3) is 0 Å². The largest absolute Gasteiger partial charge is 0.444 e. The highest BCUT2D eigenvalue weighted by molar-refractivity contribution is 7.99. The number of thioether (sulfide) groups is 1. The van der Waals surface area contributed by atoms with E-state index in [1.165, 1.54) is 0 Å². The minimum absolute atomic E-state index is 0.175. The molecule has 0 aliphatic carbocycles. The first-order chi connectivity index (χ1) is 10.5. The van der Waals surface area contributed by atoms with Crippen LogP contribution in [0.15, 0.2) is 4.99 Å². The topological polar surface area (TPSA) is 80.2 Å². The Morgan fingerprint density at radius 1 is 1.00 bits per heavy atom. The lowest BCUT2D eigenvalue weighted by Crippen LogP contribution is -2.49. The number of nitrogens with zero attached hydrogens (tertiary/aromatic N) is 2. The maximum Gasteiger partial charge on any atom is 0.437 e. The van der Waals surface area contributed by atoms with E-state index in [0.717, 1.165) is 11.5 Å². The van der Waals surface area contributed by atoms with E-state index in [0.29, 0.717) is 13.1 Å². The van der Waals surface area contributed by atoms with E-state index >= 15 is 0 Å². The molecule has 1 N–H and O–H groups in total. The molecule has 1 aliphatic rings. The number of amides is 2. The van der Waals surface area contributed by atoms with Gasteiger partial charge < -0.3 is 14.4 Å². The Labute approximate surface area is 142 Å². The Morgan fingerprint density at radius 3 is 2.00 bits per heavy atom. The van der Waals surface area contributed by atoms with Crippen LogP contribution in [-0.2, 0) is 9.47 Å². The summed E-state index contributed by atoms with van der Waals surface area (Å²) in [4.78, 5) is 29.7. The van der Waals surface area contributed by atoms with Gasteiger partial charge in [0.2, 0.25) is 5.96 Å². The Hall–Kier alpha value is -1.44. The lowest BCUT2D eigenvalue weighted by Gasteiger charge is -2.30. The molecule has 0 aromatic carbocycles. The molecule has 0 unspecified atom stereocenters. The molecule has 1 heterocycles. The Kier molecular flexibility index (Phi) is 6.73. The van der Waals surface area contributed by atoms with Crippen LogP contribution in [0.4, 0.5) is 9.59 Å². The van der Waals surface area contributed by atoms with Crippen molar-refractivity contribution in [2.45, 2.75) is 52.7 Å². The third kappa shape index (κ3) is 8.68. The second kappa shape index (κ2) is 7.90. The summed E-state index contributed by atoms with van der Waals surface area (Å²) in [6.45, 7) is 12.0. The predicted octanol–water partition coefficient (Wildman–Crippen LogP) is 2.85. The molecular weight excluding hydrogens is 318 g/mol. The maximum absolute atomic E-state index is 12.0. The normalized spacial score (nSPS) is 16.8. The summed E-state index contributed by atoms with van der Waals surface area (Å²) in [7, 11) is 0. The Bertz CT molecular complexity index is 460. The van der Waals surface area contributed by atoms with Gasteiger partial charge in [-0.25, -0.2) is 9.59 Å². The molecule has 132 valence electrons. The van der Waals surface area contributed by atoms with Gasteiger partial charge in [0.05, 0.1) is 0 Å². The van der Waals surface area contributed by atoms with Gasteiger partial charge in [0.15, 0.2) is 0 Å². The van der Waals surface area contributed by atoms with Crippen LogP contribution >= 0.6 is 11.8 Å². The fourth-order valence-electron chi connectivity index (χ4n) is 1.72. The number of carbonyl (C=O) groups is 2. The van der Waals surface area contributed by atoms with Crippen molar-refractivity contribution < 1.29 is 19.1 Å². The number of ether oxygens (including phenoxy) is 2. The number of aliphatic imine (C=N–C) groups is 1. The molecule has 8 heteroatoms. The summed E-state index contributed by atoms with van der Waals surface area (Å²) in [6, 6.07) is 0. The van der Waals surface area contributed by atoms with Crippen molar-refractivity contribution >= 4 is 29.9 Å². The third-order valence-corrected chi connectivity index (χ3v) is 3.46. The van der Waals surface area contributed by atoms with E-state index in [-0.39, 0.29) is 5.96 Å². The molecule has 1 fully saturated rings. The predicted molar refractivity (Wildman–Crippen MR) is 91.9 cm³/mol. The van der Waals surface area contributed by atoms with Gasteiger partial charge in [-0.15, -0.1) is 4.99 Å². The van der Waals surface area contributed by atoms with Crippen LogP contribution in [0.1, 0.15) is 41.5 Å². The van der Waals surface area contributed by atoms with Crippen molar-refractivity contribution in [1.82, 2.24) is 10.2 Å². The average molecular weight is 345 g/mol. The molecular formula is C15H27N3O4S. The summed E-state index contributed by atoms with van der Waals surface area (Å²) in [5.41, 5.74) is -1.27. The smallest absolute Gasteiger partial charge is 0.437 e. The number of rotatable bonds is 0. The van der Waals surface area contributed by atoms with E-state index < -0.39 is 23.4 Å². The van der Waals surface area contributed by atoms with Crippen LogP contribution in [0.5, 0.6) is 0 Å². The van der Waals surface area contributed by atoms with Crippen molar-refractivity contribution in [2.24, 2.45) is 4.99 Å². The highest BCUT2D eigenvalue weighted by Crippen LogP contribution is 2.12. The molecule has 0 radical (unpaired) electrons. The van der Waals surface area contributed by atoms with Crippen LogP contribution in [0.2, 0.25) is 0 Å². The summed E-state index contributed by atoms with van der Waals surface area (Å²) < 4.78 is 10.4. The maximum atomic E-state index is 12.0. The molecule has 23 heavy (non-hydrogen) atoms. The number of carbonyl (C=O) groups excluding carboxylic acids is 2. The number of guanidine groups is 1. The van der Waals surface area contributed by atoms with Gasteiger partial charge in [0, 0.05) is 24.6 Å². The van der Waals surface area contributed by atoms with Crippen LogP contribution in [0.25, 0.3) is 0 Å². The summed E-state index contributed by atoms with van der Waals surface area (Å²) in [5.74, 6) is 1.99. The van der Waals surface area contributed by atoms with E-state index in [4.69, 9.17) is 9.47 Å². The Balaban J connectivity index is 2.84. The van der Waals surface area contributed by atoms with Gasteiger partial charge in [-0.05, 0) is 41.5 Å². The third-order valence-electron chi connectivity index (χ3n) is 2.51. The lowest BCUT2D eigenvalue weighted by atomic mass is 10.2. The van der Waals surface area contributed by atoms with Crippen molar-refractivity contribution in [1.29, 1.82) is 0 Å². The zero-order valence-electron chi connectivity index (χ0n) is 14.8. The van der Waals surface area contributed by atoms with E-state index in [1.54, 1.807) is 41.5 Å². The first-order valence-corrected chi connectivity index (χ1v) is 8.76. The number of nitrogens with one attached hydrogen (secondary N) is 1. The first-order valence-electron chi connectivity index (χ1n) is 7.61. The van der Waals surface area contributed by atoms with E-state index in [2.05, 4.69) is 10.3 Å². The van der Waals surface area contributed by atoms with Crippen molar-refractivity contribution in [3.63, 3.8) is 0 Å². The molecule has 1 rings (SSSR count). The molecule has 2 amide bonds. The highest BCUT2D eigenvalue weighted by Gasteiger charge is 2.24. The quantitative estimate of drug-likeness (QED) is 0.537. The van der Waals surface area contributed by atoms with Gasteiger partial charge in [-0.1, -0.05) is 0 Å². The number of hydrogen-bond donors (Lipinski definition) is 1. The fourth-order valence-corrected chi connectivity index (χ4v) is 2.62. The molecule has 1 aliphatic heterocycles. The van der Waals surface area contributed by atoms with Gasteiger partial charge in [-0.2, -0.15) is 11.8 Å². The summed E-state index contributed by atoms with van der Waals surface area (Å²) in [6.07, 6.45) is -1.38. The monoisotopic (exact) mass is 345 g/mol. The number of hydrogen-bond acceptors (Lipinski definition) is 5. The summed E-state index contributed by atoms with van der Waals surface area (Å²) >= 11 is 1.82. The first kappa shape index (κ1) is 19.6. The average Bonchev–Trinajstić information content (AvgIpc) is 2.34. The minimum Gasteiger partial charge on any atom is -0.444 e. The second-order valence-corrected chi connectivity index (χ2v) is 8.37. The van der Waals surface area contributed by atoms with Gasteiger partial charge >= 0.3 is 12.2 Å². The van der Waals surface area contributed by atoms with E-state index in [9.17, 15) is 9.59 Å². The lowest BCUT2D eigenvalue weighted by molar-refractivity contribution is 0.0555. The van der Waals surface area contributed by atoms with Crippen LogP contribution in [-0.4, -0.2) is 58.8 Å². The fraction of sp³-hybridized carbons (Fsp3) is 0.800. The van der Waals surface area contributed by atoms with E-state index in [1.807, 2.05) is 16.7 Å². The molecule has 0 saturated carbocycles. The van der Waals surface area contributed by atoms with Gasteiger partial charge in [0.1, 0.15) is 11.2 Å². The van der Waals surface area contributed by atoms with Crippen LogP contribution < -0.4 is 5.32 Å². The van der Waals surface area contributed by atoms with Crippen molar-refractivity contribution in [3.8, 4) is 0 Å². The molecule has 0 bridgehead atoms. The summed E-state index contributed by atoms with van der Waals surface area (Å²) in [5, 5.41) is 2.56. The zero-order valence-corrected chi connectivity index (χ0v) is 15.6. The molecule has 0 aromatic rings. The Morgan fingerprint density at radius 2 is 1.52 bits per heavy atom. The highest BCUT2D eigenvalue weighted by atomic mass is 32.2. The minimum atomic E-state index is -0.734. The van der Waals surface area contributed by atoms with Gasteiger partial charge in [-0.3, -0.25) is 5.32 Å². The van der Waals surface area contributed by atoms with Crippen molar-refractivity contribution in [2.75, 3.05) is 24.6 Å². The molecule has 0 spiro atoms. The number of alkyl carbamates (subject to hydrolysis) is 1. The molecule has 7 nitrogen and oxygen atoms in total. The second-order valence-electron chi connectivity index (χ2n) is 7.14.